The first-order valence-electron chi connectivity index (χ1n) is 9.49. The molecule has 0 fully saturated rings. The van der Waals surface area contributed by atoms with Crippen molar-refractivity contribution >= 4 is 5.91 Å². The molecule has 1 N–H and O–H groups in total. The average Bonchev–Trinajstić information content (AvgIpc) is 2.79. The van der Waals surface area contributed by atoms with E-state index in [1.807, 2.05) is 30.3 Å². The highest BCUT2D eigenvalue weighted by Crippen LogP contribution is 2.25. The first-order valence-corrected chi connectivity index (χ1v) is 9.49. The Kier molecular flexibility index (Phi) is 6.35. The summed E-state index contributed by atoms with van der Waals surface area (Å²) < 4.78 is 11.7. The topological polar surface area (TPSA) is 50.8 Å². The standard InChI is InChI=1S/C22H28N2O3/c1-16-9-10-21-19(13-16)15-24(14-17(2)26-21)12-11-23-22(25)18(3)27-20-7-5-4-6-8-20/h4-10,13,17-18H,11-12,14-15H2,1-3H3,(H,23,25). The third-order valence-electron chi connectivity index (χ3n) is 4.61. The van der Waals surface area contributed by atoms with Crippen LogP contribution in [-0.4, -0.2) is 42.6 Å². The summed E-state index contributed by atoms with van der Waals surface area (Å²) in [5.74, 6) is 1.56. The lowest BCUT2D eigenvalue weighted by atomic mass is 10.1. The Hall–Kier alpha value is -2.53. The van der Waals surface area contributed by atoms with Crippen molar-refractivity contribution in [3.63, 3.8) is 0 Å². The third kappa shape index (κ3) is 5.47. The Bertz CT molecular complexity index is 763. The SMILES string of the molecule is Cc1ccc2c(c1)CN(CCNC(=O)C(C)Oc1ccccc1)CC(C)O2. The molecule has 5 nitrogen and oxygen atoms in total. The van der Waals surface area contributed by atoms with Crippen molar-refractivity contribution in [3.05, 3.63) is 59.7 Å². The van der Waals surface area contributed by atoms with E-state index >= 15 is 0 Å². The van der Waals surface area contributed by atoms with E-state index in [9.17, 15) is 4.79 Å². The molecule has 0 saturated carbocycles. The smallest absolute Gasteiger partial charge is 0.260 e. The van der Waals surface area contributed by atoms with Crippen LogP contribution in [0.2, 0.25) is 0 Å². The Labute approximate surface area is 161 Å². The third-order valence-corrected chi connectivity index (χ3v) is 4.61. The second-order valence-corrected chi connectivity index (χ2v) is 7.14. The van der Waals surface area contributed by atoms with Crippen molar-refractivity contribution < 1.29 is 14.3 Å². The van der Waals surface area contributed by atoms with Crippen LogP contribution in [0.25, 0.3) is 0 Å². The lowest BCUT2D eigenvalue weighted by Gasteiger charge is -2.22. The molecule has 0 bridgehead atoms. The number of aryl methyl sites for hydroxylation is 1. The number of carbonyl (C=O) groups excluding carboxylic acids is 1. The van der Waals surface area contributed by atoms with Crippen LogP contribution in [0.1, 0.15) is 25.0 Å². The first-order chi connectivity index (χ1) is 13.0. The fourth-order valence-electron chi connectivity index (χ4n) is 3.28. The van der Waals surface area contributed by atoms with E-state index in [4.69, 9.17) is 9.47 Å². The van der Waals surface area contributed by atoms with Gasteiger partial charge in [-0.3, -0.25) is 9.69 Å². The fourth-order valence-corrected chi connectivity index (χ4v) is 3.28. The molecule has 144 valence electrons. The number of amides is 1. The molecule has 27 heavy (non-hydrogen) atoms. The Morgan fingerprint density at radius 2 is 2.07 bits per heavy atom. The fraction of sp³-hybridized carbons (Fsp3) is 0.409. The maximum Gasteiger partial charge on any atom is 0.260 e. The number of rotatable bonds is 6. The molecule has 1 heterocycles. The lowest BCUT2D eigenvalue weighted by molar-refractivity contribution is -0.127. The van der Waals surface area contributed by atoms with Gasteiger partial charge < -0.3 is 14.8 Å². The minimum absolute atomic E-state index is 0.103. The summed E-state index contributed by atoms with van der Waals surface area (Å²) in [6.45, 7) is 8.94. The quantitative estimate of drug-likeness (QED) is 0.851. The molecule has 2 aromatic rings. The molecular formula is C22H28N2O3. The lowest BCUT2D eigenvalue weighted by Crippen LogP contribution is -2.42. The van der Waals surface area contributed by atoms with Crippen molar-refractivity contribution in [1.29, 1.82) is 0 Å². The summed E-state index contributed by atoms with van der Waals surface area (Å²) in [4.78, 5) is 14.6. The van der Waals surface area contributed by atoms with Crippen molar-refractivity contribution in [2.75, 3.05) is 19.6 Å². The Balaban J connectivity index is 1.50. The summed E-state index contributed by atoms with van der Waals surface area (Å²) in [7, 11) is 0. The van der Waals surface area contributed by atoms with Gasteiger partial charge in [0.15, 0.2) is 6.10 Å². The average molecular weight is 368 g/mol. The zero-order chi connectivity index (χ0) is 19.2. The highest BCUT2D eigenvalue weighted by Gasteiger charge is 2.20. The summed E-state index contributed by atoms with van der Waals surface area (Å²) >= 11 is 0. The molecule has 0 saturated heterocycles. The van der Waals surface area contributed by atoms with Gasteiger partial charge in [-0.2, -0.15) is 0 Å². The minimum Gasteiger partial charge on any atom is -0.489 e. The summed E-state index contributed by atoms with van der Waals surface area (Å²) in [6, 6.07) is 15.7. The van der Waals surface area contributed by atoms with Crippen molar-refractivity contribution in [2.45, 2.75) is 39.5 Å². The van der Waals surface area contributed by atoms with Crippen molar-refractivity contribution in [1.82, 2.24) is 10.2 Å². The van der Waals surface area contributed by atoms with E-state index in [0.29, 0.717) is 12.3 Å². The van der Waals surface area contributed by atoms with Crippen LogP contribution < -0.4 is 14.8 Å². The maximum atomic E-state index is 12.3. The van der Waals surface area contributed by atoms with Gasteiger partial charge in [-0.15, -0.1) is 0 Å². The molecule has 2 aromatic carbocycles. The van der Waals surface area contributed by atoms with E-state index in [2.05, 4.69) is 42.3 Å². The minimum atomic E-state index is -0.526. The van der Waals surface area contributed by atoms with Gasteiger partial charge in [-0.25, -0.2) is 0 Å². The van der Waals surface area contributed by atoms with E-state index in [0.717, 1.165) is 25.4 Å². The number of carbonyl (C=O) groups is 1. The van der Waals surface area contributed by atoms with E-state index in [1.54, 1.807) is 6.92 Å². The van der Waals surface area contributed by atoms with Crippen LogP contribution in [0.4, 0.5) is 0 Å². The van der Waals surface area contributed by atoms with E-state index < -0.39 is 6.10 Å². The van der Waals surface area contributed by atoms with Gasteiger partial charge in [-0.05, 0) is 39.0 Å². The van der Waals surface area contributed by atoms with Gasteiger partial charge in [-0.1, -0.05) is 35.9 Å². The van der Waals surface area contributed by atoms with E-state index in [1.165, 1.54) is 11.1 Å². The predicted octanol–water partition coefficient (Wildman–Crippen LogP) is 3.16. The van der Waals surface area contributed by atoms with Crippen LogP contribution >= 0.6 is 0 Å². The van der Waals surface area contributed by atoms with Gasteiger partial charge in [0, 0.05) is 31.7 Å². The summed E-state index contributed by atoms with van der Waals surface area (Å²) in [5.41, 5.74) is 2.43. The van der Waals surface area contributed by atoms with E-state index in [-0.39, 0.29) is 12.0 Å². The van der Waals surface area contributed by atoms with Gasteiger partial charge in [0.25, 0.3) is 5.91 Å². The molecule has 0 spiro atoms. The molecule has 0 radical (unpaired) electrons. The largest absolute Gasteiger partial charge is 0.489 e. The number of hydrogen-bond acceptors (Lipinski definition) is 4. The van der Waals surface area contributed by atoms with Crippen LogP contribution in [0, 0.1) is 6.92 Å². The van der Waals surface area contributed by atoms with Crippen molar-refractivity contribution in [3.8, 4) is 11.5 Å². The maximum absolute atomic E-state index is 12.3. The zero-order valence-electron chi connectivity index (χ0n) is 16.3. The number of benzene rings is 2. The van der Waals surface area contributed by atoms with Gasteiger partial charge in [0.05, 0.1) is 0 Å². The van der Waals surface area contributed by atoms with Crippen LogP contribution in [0.5, 0.6) is 11.5 Å². The molecule has 0 aliphatic carbocycles. The summed E-state index contributed by atoms with van der Waals surface area (Å²) in [5, 5.41) is 2.97. The van der Waals surface area contributed by atoms with Crippen LogP contribution in [0.3, 0.4) is 0 Å². The Morgan fingerprint density at radius 3 is 2.85 bits per heavy atom. The highest BCUT2D eigenvalue weighted by atomic mass is 16.5. The number of para-hydroxylation sites is 1. The number of nitrogens with one attached hydrogen (secondary N) is 1. The van der Waals surface area contributed by atoms with Crippen LogP contribution in [0.15, 0.2) is 48.5 Å². The highest BCUT2D eigenvalue weighted by molar-refractivity contribution is 5.80. The molecule has 2 atom stereocenters. The van der Waals surface area contributed by atoms with Crippen LogP contribution in [-0.2, 0) is 11.3 Å². The van der Waals surface area contributed by atoms with Gasteiger partial charge in [0.2, 0.25) is 0 Å². The van der Waals surface area contributed by atoms with Gasteiger partial charge >= 0.3 is 0 Å². The second kappa shape index (κ2) is 8.91. The molecule has 1 aliphatic rings. The van der Waals surface area contributed by atoms with Gasteiger partial charge in [0.1, 0.15) is 17.6 Å². The first kappa shape index (κ1) is 19.2. The predicted molar refractivity (Wildman–Crippen MR) is 106 cm³/mol. The summed E-state index contributed by atoms with van der Waals surface area (Å²) in [6.07, 6.45) is -0.410. The second-order valence-electron chi connectivity index (χ2n) is 7.14. The number of fused-ring (bicyclic) bond motifs is 1. The number of ether oxygens (including phenoxy) is 2. The monoisotopic (exact) mass is 368 g/mol. The number of hydrogen-bond donors (Lipinski definition) is 1. The Morgan fingerprint density at radius 1 is 1.30 bits per heavy atom. The molecule has 2 unspecified atom stereocenters. The molecule has 5 heteroatoms. The zero-order valence-corrected chi connectivity index (χ0v) is 16.3. The molecular weight excluding hydrogens is 340 g/mol. The molecule has 0 aromatic heterocycles. The normalized spacial score (nSPS) is 18.0. The molecule has 3 rings (SSSR count). The van der Waals surface area contributed by atoms with Crippen molar-refractivity contribution in [2.24, 2.45) is 0 Å². The molecule has 1 aliphatic heterocycles. The molecule has 1 amide bonds. The number of nitrogens with zero attached hydrogens (tertiary/aromatic N) is 1.